The lowest BCUT2D eigenvalue weighted by Crippen LogP contribution is -2.45. The molecule has 0 aliphatic rings. The van der Waals surface area contributed by atoms with Gasteiger partial charge in [-0.25, -0.2) is 13.3 Å². The normalized spacial score (nSPS) is 13.1. The largest absolute Gasteiger partial charge is 0.459 e. The lowest BCUT2D eigenvalue weighted by molar-refractivity contribution is -0.253. The number of carbonyl (C=O) groups is 1. The molecular formula is C20H25NO6S. The number of hydrogen-bond donors (Lipinski definition) is 2. The number of rotatable bonds is 8. The molecule has 8 heteroatoms. The number of hydrogen-bond acceptors (Lipinski definition) is 6. The number of nitrogens with one attached hydrogen (secondary N) is 1. The summed E-state index contributed by atoms with van der Waals surface area (Å²) < 4.78 is 33.4. The summed E-state index contributed by atoms with van der Waals surface area (Å²) in [5.41, 5.74) is 0.662. The monoisotopic (exact) mass is 407 g/mol. The van der Waals surface area contributed by atoms with Crippen LogP contribution >= 0.6 is 0 Å². The van der Waals surface area contributed by atoms with E-state index in [2.05, 4.69) is 9.61 Å². The summed E-state index contributed by atoms with van der Waals surface area (Å²) in [5, 5.41) is 8.48. The fourth-order valence-corrected chi connectivity index (χ4v) is 3.68. The molecule has 0 amide bonds. The Morgan fingerprint density at radius 1 is 1.04 bits per heavy atom. The fraction of sp³-hybridized carbons (Fsp3) is 0.350. The smallest absolute Gasteiger partial charge is 0.325 e. The molecule has 152 valence electrons. The molecule has 0 fully saturated rings. The van der Waals surface area contributed by atoms with Crippen LogP contribution in [0, 0.1) is 0 Å². The molecule has 0 unspecified atom stereocenters. The van der Waals surface area contributed by atoms with E-state index in [1.54, 1.807) is 20.8 Å². The minimum atomic E-state index is -3.97. The quantitative estimate of drug-likeness (QED) is 0.396. The molecule has 0 aliphatic carbocycles. The second-order valence-electron chi connectivity index (χ2n) is 7.31. The molecule has 0 saturated heterocycles. The van der Waals surface area contributed by atoms with Gasteiger partial charge in [0.25, 0.3) is 0 Å². The Labute approximate surface area is 165 Å². The van der Waals surface area contributed by atoms with Crippen LogP contribution in [0.2, 0.25) is 0 Å². The van der Waals surface area contributed by atoms with E-state index in [0.29, 0.717) is 5.56 Å². The molecule has 0 aliphatic heterocycles. The molecule has 2 aromatic carbocycles. The zero-order chi connectivity index (χ0) is 20.8. The average molecular weight is 407 g/mol. The molecule has 0 aromatic heterocycles. The summed E-state index contributed by atoms with van der Waals surface area (Å²) in [5.74, 6) is -0.648. The molecule has 0 radical (unpaired) electrons. The Bertz CT molecular complexity index is 873. The van der Waals surface area contributed by atoms with Crippen molar-refractivity contribution in [2.45, 2.75) is 50.3 Å². The van der Waals surface area contributed by atoms with Crippen molar-refractivity contribution in [3.8, 4) is 0 Å². The Kier molecular flexibility index (Phi) is 7.31. The summed E-state index contributed by atoms with van der Waals surface area (Å²) in [6.45, 7) is 5.12. The van der Waals surface area contributed by atoms with E-state index in [0.717, 1.165) is 5.56 Å². The second-order valence-corrected chi connectivity index (χ2v) is 9.03. The predicted molar refractivity (Wildman–Crippen MR) is 104 cm³/mol. The molecule has 2 aromatic rings. The highest BCUT2D eigenvalue weighted by molar-refractivity contribution is 7.89. The highest BCUT2D eigenvalue weighted by Crippen LogP contribution is 2.16. The third kappa shape index (κ3) is 6.72. The zero-order valence-corrected chi connectivity index (χ0v) is 16.9. The van der Waals surface area contributed by atoms with Gasteiger partial charge in [0.2, 0.25) is 10.0 Å². The minimum Gasteiger partial charge on any atom is -0.459 e. The number of esters is 1. The minimum absolute atomic E-state index is 0.00388. The molecule has 0 spiro atoms. The Balaban J connectivity index is 2.25. The van der Waals surface area contributed by atoms with Gasteiger partial charge in [-0.15, -0.1) is 0 Å². The molecule has 1 atom stereocenters. The van der Waals surface area contributed by atoms with E-state index in [1.807, 2.05) is 30.3 Å². The van der Waals surface area contributed by atoms with E-state index in [-0.39, 0.29) is 17.9 Å². The third-order valence-electron chi connectivity index (χ3n) is 3.74. The van der Waals surface area contributed by atoms with E-state index in [4.69, 9.17) is 9.99 Å². The number of sulfonamides is 1. The summed E-state index contributed by atoms with van der Waals surface area (Å²) in [6, 6.07) is 13.8. The van der Waals surface area contributed by atoms with Crippen LogP contribution < -0.4 is 4.72 Å². The molecule has 2 rings (SSSR count). The van der Waals surface area contributed by atoms with E-state index < -0.39 is 27.6 Å². The van der Waals surface area contributed by atoms with Crippen molar-refractivity contribution >= 4 is 16.0 Å². The van der Waals surface area contributed by atoms with Crippen LogP contribution in [0.15, 0.2) is 59.5 Å². The van der Waals surface area contributed by atoms with Crippen LogP contribution in [0.1, 0.15) is 31.9 Å². The first-order valence-corrected chi connectivity index (χ1v) is 10.2. The maximum Gasteiger partial charge on any atom is 0.325 e. The van der Waals surface area contributed by atoms with Crippen molar-refractivity contribution in [1.82, 2.24) is 4.72 Å². The highest BCUT2D eigenvalue weighted by atomic mass is 32.2. The van der Waals surface area contributed by atoms with E-state index in [1.165, 1.54) is 24.3 Å². The number of carbonyl (C=O) groups excluding carboxylic acids is 1. The van der Waals surface area contributed by atoms with Crippen molar-refractivity contribution in [2.75, 3.05) is 0 Å². The van der Waals surface area contributed by atoms with Gasteiger partial charge in [0.15, 0.2) is 0 Å². The molecule has 0 heterocycles. The van der Waals surface area contributed by atoms with Crippen LogP contribution in [-0.4, -0.2) is 31.3 Å². The number of benzene rings is 2. The topological polar surface area (TPSA) is 102 Å². The molecule has 2 N–H and O–H groups in total. The molecule has 7 nitrogen and oxygen atoms in total. The van der Waals surface area contributed by atoms with Crippen molar-refractivity contribution in [2.24, 2.45) is 0 Å². The van der Waals surface area contributed by atoms with Crippen molar-refractivity contribution < 1.29 is 28.1 Å². The predicted octanol–water partition coefficient (Wildman–Crippen LogP) is 2.91. The van der Waals surface area contributed by atoms with Gasteiger partial charge in [0, 0.05) is 0 Å². The van der Waals surface area contributed by atoms with Crippen molar-refractivity contribution in [1.29, 1.82) is 0 Å². The maximum atomic E-state index is 12.8. The average Bonchev–Trinajstić information content (AvgIpc) is 2.61. The Morgan fingerprint density at radius 3 is 2.18 bits per heavy atom. The zero-order valence-electron chi connectivity index (χ0n) is 16.1. The lowest BCUT2D eigenvalue weighted by Gasteiger charge is -2.24. The summed E-state index contributed by atoms with van der Waals surface area (Å²) >= 11 is 0. The van der Waals surface area contributed by atoms with Gasteiger partial charge in [-0.2, -0.15) is 4.72 Å². The van der Waals surface area contributed by atoms with Crippen molar-refractivity contribution in [3.63, 3.8) is 0 Å². The van der Waals surface area contributed by atoms with E-state index in [9.17, 15) is 13.2 Å². The first-order valence-electron chi connectivity index (χ1n) is 8.75. The van der Waals surface area contributed by atoms with Gasteiger partial charge in [-0.1, -0.05) is 42.5 Å². The summed E-state index contributed by atoms with van der Waals surface area (Å²) in [6.07, 6.45) is 0.158. The van der Waals surface area contributed by atoms with Crippen LogP contribution in [-0.2, 0) is 37.5 Å². The SMILES string of the molecule is CC(C)(C)OC(=O)[C@H](Cc1ccccc1)NS(=O)(=O)c1ccc(COO)cc1. The van der Waals surface area contributed by atoms with Gasteiger partial charge in [0.05, 0.1) is 4.90 Å². The summed E-state index contributed by atoms with van der Waals surface area (Å²) in [4.78, 5) is 16.7. The van der Waals surface area contributed by atoms with Crippen LogP contribution in [0.5, 0.6) is 0 Å². The van der Waals surface area contributed by atoms with E-state index >= 15 is 0 Å². The van der Waals surface area contributed by atoms with Gasteiger partial charge in [-0.05, 0) is 50.5 Å². The Morgan fingerprint density at radius 2 is 1.64 bits per heavy atom. The second kappa shape index (κ2) is 9.29. The standard InChI is InChI=1S/C20H25NO6S/c1-20(2,3)27-19(22)18(13-15-7-5-4-6-8-15)21-28(24,25)17-11-9-16(10-12-17)14-26-23/h4-12,18,21,23H,13-14H2,1-3H3/t18-/m0/s1. The molecular weight excluding hydrogens is 382 g/mol. The van der Waals surface area contributed by atoms with Gasteiger partial charge >= 0.3 is 5.97 Å². The van der Waals surface area contributed by atoms with Crippen LogP contribution in [0.25, 0.3) is 0 Å². The fourth-order valence-electron chi connectivity index (χ4n) is 2.49. The van der Waals surface area contributed by atoms with Crippen LogP contribution in [0.4, 0.5) is 0 Å². The molecule has 28 heavy (non-hydrogen) atoms. The van der Waals surface area contributed by atoms with Gasteiger partial charge in [-0.3, -0.25) is 10.1 Å². The highest BCUT2D eigenvalue weighted by Gasteiger charge is 2.30. The Hall–Kier alpha value is -2.26. The maximum absolute atomic E-state index is 12.8. The molecule has 0 bridgehead atoms. The number of ether oxygens (including phenoxy) is 1. The summed E-state index contributed by atoms with van der Waals surface area (Å²) in [7, 11) is -3.97. The van der Waals surface area contributed by atoms with Gasteiger partial charge < -0.3 is 4.74 Å². The first kappa shape index (κ1) is 22.0. The van der Waals surface area contributed by atoms with Crippen molar-refractivity contribution in [3.05, 3.63) is 65.7 Å². The lowest BCUT2D eigenvalue weighted by atomic mass is 10.1. The van der Waals surface area contributed by atoms with Crippen LogP contribution in [0.3, 0.4) is 0 Å². The first-order chi connectivity index (χ1) is 13.1. The third-order valence-corrected chi connectivity index (χ3v) is 5.22. The molecule has 0 saturated carbocycles. The van der Waals surface area contributed by atoms with Gasteiger partial charge in [0.1, 0.15) is 18.2 Å².